The molecule has 3 aromatic carbocycles. The molecule has 4 N–H and O–H groups in total. The predicted octanol–water partition coefficient (Wildman–Crippen LogP) is 4.46. The summed E-state index contributed by atoms with van der Waals surface area (Å²) in [5.41, 5.74) is 8.75. The van der Waals surface area contributed by atoms with E-state index in [4.69, 9.17) is 22.3 Å². The van der Waals surface area contributed by atoms with Gasteiger partial charge in [0.2, 0.25) is 11.9 Å². The second-order valence-corrected chi connectivity index (χ2v) is 10.7. The van der Waals surface area contributed by atoms with Crippen molar-refractivity contribution in [1.29, 1.82) is 0 Å². The molecule has 1 fully saturated rings. The summed E-state index contributed by atoms with van der Waals surface area (Å²) in [5.74, 6) is -2.04. The molecule has 2 aliphatic rings. The van der Waals surface area contributed by atoms with Gasteiger partial charge in [0.1, 0.15) is 17.7 Å². The van der Waals surface area contributed by atoms with Crippen molar-refractivity contribution in [1.82, 2.24) is 20.2 Å². The van der Waals surface area contributed by atoms with Crippen molar-refractivity contribution in [3.63, 3.8) is 0 Å². The quantitative estimate of drug-likeness (QED) is 0.300. The first-order valence-electron chi connectivity index (χ1n) is 13.5. The molecule has 4 aromatic rings. The van der Waals surface area contributed by atoms with Gasteiger partial charge in [0.05, 0.1) is 23.5 Å². The van der Waals surface area contributed by atoms with Crippen molar-refractivity contribution in [2.45, 2.75) is 25.0 Å². The van der Waals surface area contributed by atoms with Crippen LogP contribution in [0.25, 0.3) is 11.3 Å². The monoisotopic (exact) mass is 601 g/mol. The topological polar surface area (TPSA) is 126 Å². The molecule has 0 radical (unpaired) electrons. The average molecular weight is 602 g/mol. The smallest absolute Gasteiger partial charge is 0.254 e. The molecule has 0 spiro atoms. The summed E-state index contributed by atoms with van der Waals surface area (Å²) in [4.78, 5) is 40.4. The highest BCUT2D eigenvalue weighted by atomic mass is 35.5. The summed E-state index contributed by atoms with van der Waals surface area (Å²) < 4.78 is 29.6. The number of carbonyl (C=O) groups is 2. The molecule has 6 rings (SSSR count). The molecule has 0 aliphatic carbocycles. The van der Waals surface area contributed by atoms with Crippen molar-refractivity contribution >= 4 is 40.8 Å². The minimum Gasteiger partial charge on any atom is -0.368 e. The minimum atomic E-state index is -0.734. The van der Waals surface area contributed by atoms with Crippen molar-refractivity contribution in [2.24, 2.45) is 10.7 Å². The van der Waals surface area contributed by atoms with Crippen LogP contribution in [0.15, 0.2) is 71.9 Å². The van der Waals surface area contributed by atoms with Crippen LogP contribution >= 0.6 is 11.6 Å². The molecule has 2 unspecified atom stereocenters. The largest absolute Gasteiger partial charge is 0.368 e. The number of likely N-dealkylation sites (N-methyl/N-ethyl adjacent to an activating group) is 1. The van der Waals surface area contributed by atoms with Crippen LogP contribution in [0.1, 0.15) is 33.5 Å². The van der Waals surface area contributed by atoms with E-state index in [2.05, 4.69) is 20.6 Å². The Morgan fingerprint density at radius 1 is 1.05 bits per heavy atom. The number of aromatic nitrogens is 2. The number of nitrogens with two attached hydrogens (primary N) is 1. The summed E-state index contributed by atoms with van der Waals surface area (Å²) in [6, 6.07) is 14.5. The van der Waals surface area contributed by atoms with Crippen LogP contribution in [0, 0.1) is 11.6 Å². The average Bonchev–Trinajstić information content (AvgIpc) is 3.37. The number of rotatable bonds is 6. The number of hydrogen-bond donors (Lipinski definition) is 3. The van der Waals surface area contributed by atoms with Gasteiger partial charge in [-0.05, 0) is 62.0 Å². The van der Waals surface area contributed by atoms with Gasteiger partial charge in [-0.2, -0.15) is 0 Å². The number of benzene rings is 3. The molecule has 1 saturated heterocycles. The minimum absolute atomic E-state index is 0.0963. The van der Waals surface area contributed by atoms with Gasteiger partial charge in [0.15, 0.2) is 0 Å². The van der Waals surface area contributed by atoms with E-state index < -0.39 is 23.6 Å². The number of hydrogen-bond acceptors (Lipinski definition) is 7. The second kappa shape index (κ2) is 11.5. The fraction of sp³-hybridized carbons (Fsp3) is 0.194. The molecule has 0 bridgehead atoms. The van der Waals surface area contributed by atoms with Crippen LogP contribution in [0.4, 0.5) is 20.4 Å². The highest BCUT2D eigenvalue weighted by Gasteiger charge is 2.40. The maximum Gasteiger partial charge on any atom is 0.254 e. The van der Waals surface area contributed by atoms with Crippen LogP contribution in [-0.4, -0.2) is 58.1 Å². The number of amides is 2. The van der Waals surface area contributed by atoms with E-state index in [1.807, 2.05) is 0 Å². The lowest BCUT2D eigenvalue weighted by molar-refractivity contribution is -0.122. The number of primary amides is 1. The SMILES string of the molecule is CNC1CCN(C(=O)c2ccc(Nc3ncc4c(n3)-c3ccc(Cl)cc3C(c3c(F)cccc3F)=NC4)cc2)C1C(N)=O. The Hall–Kier alpha value is -4.74. The van der Waals surface area contributed by atoms with E-state index in [9.17, 15) is 18.4 Å². The number of fused-ring (bicyclic) bond motifs is 3. The first-order valence-corrected chi connectivity index (χ1v) is 13.9. The standard InChI is InChI=1S/C31H26ClF2N7O2/c1-36-24-11-12-41(28(24)29(35)42)30(43)16-5-8-19(9-6-16)39-31-38-15-17-14-37-27(25-22(33)3-2-4-23(25)34)21-13-18(32)7-10-20(21)26(17)40-31/h2-10,13,15,24,28,36H,11-12,14H2,1H3,(H2,35,42)(H,38,39,40). The fourth-order valence-corrected chi connectivity index (χ4v) is 5.76. The molecule has 9 nitrogen and oxygen atoms in total. The Balaban J connectivity index is 1.28. The van der Waals surface area contributed by atoms with Crippen LogP contribution in [-0.2, 0) is 11.3 Å². The number of likely N-dealkylation sites (tertiary alicyclic amines) is 1. The van der Waals surface area contributed by atoms with Crippen LogP contribution < -0.4 is 16.4 Å². The Morgan fingerprint density at radius 3 is 2.49 bits per heavy atom. The highest BCUT2D eigenvalue weighted by Crippen LogP contribution is 2.35. The van der Waals surface area contributed by atoms with Crippen molar-refractivity contribution in [3.05, 3.63) is 106 Å². The highest BCUT2D eigenvalue weighted by molar-refractivity contribution is 6.31. The van der Waals surface area contributed by atoms with E-state index in [-0.39, 0.29) is 35.7 Å². The van der Waals surface area contributed by atoms with Crippen LogP contribution in [0.3, 0.4) is 0 Å². The number of nitrogens with one attached hydrogen (secondary N) is 2. The summed E-state index contributed by atoms with van der Waals surface area (Å²) in [7, 11) is 1.74. The molecule has 0 saturated carbocycles. The lowest BCUT2D eigenvalue weighted by Crippen LogP contribution is -2.51. The van der Waals surface area contributed by atoms with Gasteiger partial charge in [-0.15, -0.1) is 0 Å². The zero-order valence-corrected chi connectivity index (χ0v) is 23.7. The van der Waals surface area contributed by atoms with E-state index in [0.29, 0.717) is 51.6 Å². The van der Waals surface area contributed by atoms with E-state index in [0.717, 1.165) is 0 Å². The van der Waals surface area contributed by atoms with Crippen molar-refractivity contribution in [3.8, 4) is 11.3 Å². The van der Waals surface area contributed by atoms with Gasteiger partial charge in [-0.3, -0.25) is 14.6 Å². The van der Waals surface area contributed by atoms with Crippen LogP contribution in [0.2, 0.25) is 5.02 Å². The van der Waals surface area contributed by atoms with Gasteiger partial charge < -0.3 is 21.3 Å². The molecule has 1 aromatic heterocycles. The van der Waals surface area contributed by atoms with Gasteiger partial charge in [0, 0.05) is 51.7 Å². The lowest BCUT2D eigenvalue weighted by Gasteiger charge is -2.25. The Morgan fingerprint density at radius 2 is 1.79 bits per heavy atom. The first kappa shape index (κ1) is 28.4. The van der Waals surface area contributed by atoms with E-state index >= 15 is 0 Å². The number of halogens is 3. The lowest BCUT2D eigenvalue weighted by atomic mass is 9.95. The van der Waals surface area contributed by atoms with E-state index in [1.165, 1.54) is 23.1 Å². The molecule has 2 aliphatic heterocycles. The fourth-order valence-electron chi connectivity index (χ4n) is 5.59. The number of nitrogens with zero attached hydrogens (tertiary/aromatic N) is 4. The van der Waals surface area contributed by atoms with E-state index in [1.54, 1.807) is 55.7 Å². The molecule has 3 heterocycles. The summed E-state index contributed by atoms with van der Waals surface area (Å²) >= 11 is 6.30. The van der Waals surface area contributed by atoms with Crippen LogP contribution in [0.5, 0.6) is 0 Å². The maximum atomic E-state index is 14.8. The molecular formula is C31H26ClF2N7O2. The van der Waals surface area contributed by atoms with Crippen molar-refractivity contribution in [2.75, 3.05) is 18.9 Å². The Bertz CT molecular complexity index is 1760. The molecule has 2 atom stereocenters. The summed E-state index contributed by atoms with van der Waals surface area (Å²) in [6.07, 6.45) is 2.24. The van der Waals surface area contributed by atoms with Gasteiger partial charge in [0.25, 0.3) is 5.91 Å². The second-order valence-electron chi connectivity index (χ2n) is 10.3. The molecule has 218 valence electrons. The maximum absolute atomic E-state index is 14.8. The number of anilines is 2. The molecule has 12 heteroatoms. The van der Waals surface area contributed by atoms with Gasteiger partial charge in [-0.1, -0.05) is 23.7 Å². The molecular weight excluding hydrogens is 576 g/mol. The third kappa shape index (κ3) is 5.33. The molecule has 2 amide bonds. The summed E-state index contributed by atoms with van der Waals surface area (Å²) in [5, 5.41) is 6.58. The van der Waals surface area contributed by atoms with Gasteiger partial charge in [-0.25, -0.2) is 18.7 Å². The van der Waals surface area contributed by atoms with Crippen molar-refractivity contribution < 1.29 is 18.4 Å². The first-order chi connectivity index (χ1) is 20.7. The number of aliphatic imine (C=N–C) groups is 1. The number of carbonyl (C=O) groups excluding carboxylic acids is 2. The predicted molar refractivity (Wildman–Crippen MR) is 159 cm³/mol. The Labute approximate surface area is 250 Å². The zero-order chi connectivity index (χ0) is 30.2. The Kier molecular flexibility index (Phi) is 7.59. The normalized spacial score (nSPS) is 17.5. The third-order valence-corrected chi connectivity index (χ3v) is 7.91. The molecule has 43 heavy (non-hydrogen) atoms. The van der Waals surface area contributed by atoms with Gasteiger partial charge >= 0.3 is 0 Å². The third-order valence-electron chi connectivity index (χ3n) is 7.67. The zero-order valence-electron chi connectivity index (χ0n) is 22.9. The summed E-state index contributed by atoms with van der Waals surface area (Å²) in [6.45, 7) is 0.515.